The molecule has 4 rings (SSSR count). The highest BCUT2D eigenvalue weighted by atomic mass is 32.1. The summed E-state index contributed by atoms with van der Waals surface area (Å²) in [6.07, 6.45) is 1.04. The summed E-state index contributed by atoms with van der Waals surface area (Å²) in [6, 6.07) is 16.9. The fourth-order valence-corrected chi connectivity index (χ4v) is 4.82. The zero-order valence-corrected chi connectivity index (χ0v) is 17.2. The van der Waals surface area contributed by atoms with Gasteiger partial charge in [-0.2, -0.15) is 0 Å². The van der Waals surface area contributed by atoms with Gasteiger partial charge >= 0.3 is 0 Å². The van der Waals surface area contributed by atoms with Crippen molar-refractivity contribution in [3.8, 4) is 0 Å². The van der Waals surface area contributed by atoms with E-state index >= 15 is 0 Å². The smallest absolute Gasteiger partial charge is 0.173 e. The van der Waals surface area contributed by atoms with E-state index in [4.69, 9.17) is 17.2 Å². The van der Waals surface area contributed by atoms with E-state index in [1.807, 2.05) is 11.3 Å². The Balaban J connectivity index is 1.30. The number of benzene rings is 2. The first-order valence-electron chi connectivity index (χ1n) is 9.54. The van der Waals surface area contributed by atoms with E-state index in [1.54, 1.807) is 4.90 Å². The van der Waals surface area contributed by atoms with Gasteiger partial charge in [-0.15, -0.1) is 11.3 Å². The molecular formula is C21H25N4S2+. The standard InChI is InChI=1S/C21H24N4S2/c1-2-16-6-5-7-17(14-16)22-21(26)25-12-10-24(11-13-25)15-20-23-18-8-3-4-9-19(18)27-20/h3-9,14H,2,10-13,15H2,1H3,(H,22,26)/p+1. The van der Waals surface area contributed by atoms with Crippen LogP contribution in [0.3, 0.4) is 0 Å². The van der Waals surface area contributed by atoms with Crippen molar-refractivity contribution in [2.45, 2.75) is 19.9 Å². The Morgan fingerprint density at radius 1 is 1.19 bits per heavy atom. The highest BCUT2D eigenvalue weighted by Gasteiger charge is 2.23. The van der Waals surface area contributed by atoms with Crippen LogP contribution >= 0.6 is 23.6 Å². The number of quaternary nitrogens is 1. The van der Waals surface area contributed by atoms with Gasteiger partial charge in [0.25, 0.3) is 0 Å². The number of nitrogens with one attached hydrogen (secondary N) is 2. The van der Waals surface area contributed by atoms with Gasteiger partial charge in [-0.1, -0.05) is 31.2 Å². The predicted octanol–water partition coefficient (Wildman–Crippen LogP) is 2.96. The third kappa shape index (κ3) is 4.46. The van der Waals surface area contributed by atoms with Crippen LogP contribution in [0.25, 0.3) is 10.2 Å². The highest BCUT2D eigenvalue weighted by Crippen LogP contribution is 2.20. The van der Waals surface area contributed by atoms with Gasteiger partial charge in [0, 0.05) is 5.69 Å². The van der Waals surface area contributed by atoms with E-state index in [0.29, 0.717) is 0 Å². The number of piperazine rings is 1. The largest absolute Gasteiger partial charge is 0.338 e. The normalized spacial score (nSPS) is 15.2. The first-order valence-corrected chi connectivity index (χ1v) is 10.8. The van der Waals surface area contributed by atoms with Gasteiger partial charge in [-0.05, 0) is 48.5 Å². The Labute approximate surface area is 169 Å². The second-order valence-corrected chi connectivity index (χ2v) is 8.48. The number of hydrogen-bond donors (Lipinski definition) is 2. The molecule has 1 aliphatic heterocycles. The second-order valence-electron chi connectivity index (χ2n) is 6.97. The molecule has 0 spiro atoms. The fraction of sp³-hybridized carbons (Fsp3) is 0.333. The van der Waals surface area contributed by atoms with Gasteiger partial charge in [0.15, 0.2) is 5.11 Å². The molecule has 27 heavy (non-hydrogen) atoms. The monoisotopic (exact) mass is 397 g/mol. The van der Waals surface area contributed by atoms with Crippen LogP contribution in [0.15, 0.2) is 48.5 Å². The van der Waals surface area contributed by atoms with E-state index in [0.717, 1.165) is 55.5 Å². The summed E-state index contributed by atoms with van der Waals surface area (Å²) in [4.78, 5) is 8.65. The maximum Gasteiger partial charge on any atom is 0.173 e. The topological polar surface area (TPSA) is 32.6 Å². The Morgan fingerprint density at radius 2 is 2.00 bits per heavy atom. The average Bonchev–Trinajstić information content (AvgIpc) is 3.11. The van der Waals surface area contributed by atoms with Crippen LogP contribution in [0.1, 0.15) is 17.5 Å². The molecule has 1 aliphatic rings. The number of anilines is 1. The van der Waals surface area contributed by atoms with E-state index < -0.39 is 0 Å². The number of thiazole rings is 1. The number of para-hydroxylation sites is 1. The molecular weight excluding hydrogens is 372 g/mol. The molecule has 0 radical (unpaired) electrons. The highest BCUT2D eigenvalue weighted by molar-refractivity contribution is 7.80. The molecule has 0 unspecified atom stereocenters. The lowest BCUT2D eigenvalue weighted by atomic mass is 10.1. The molecule has 1 fully saturated rings. The molecule has 1 aromatic heterocycles. The molecule has 0 amide bonds. The van der Waals surface area contributed by atoms with E-state index in [2.05, 4.69) is 65.7 Å². The summed E-state index contributed by atoms with van der Waals surface area (Å²) in [7, 11) is 0. The molecule has 4 nitrogen and oxygen atoms in total. The third-order valence-corrected chi connectivity index (χ3v) is 6.48. The van der Waals surface area contributed by atoms with Crippen molar-refractivity contribution in [2.75, 3.05) is 31.5 Å². The number of thiocarbonyl (C=S) groups is 1. The summed E-state index contributed by atoms with van der Waals surface area (Å²) in [5.74, 6) is 0. The Bertz CT molecular complexity index is 896. The van der Waals surface area contributed by atoms with Crippen LogP contribution in [0.2, 0.25) is 0 Å². The van der Waals surface area contributed by atoms with Crippen LogP contribution in [0.5, 0.6) is 0 Å². The number of fused-ring (bicyclic) bond motifs is 1. The minimum atomic E-state index is 0.835. The molecule has 140 valence electrons. The minimum Gasteiger partial charge on any atom is -0.338 e. The summed E-state index contributed by atoms with van der Waals surface area (Å²) in [6.45, 7) is 7.33. The van der Waals surface area contributed by atoms with Gasteiger partial charge in [-0.25, -0.2) is 4.98 Å². The summed E-state index contributed by atoms with van der Waals surface area (Å²) in [5.41, 5.74) is 3.53. The Morgan fingerprint density at radius 3 is 2.78 bits per heavy atom. The number of aryl methyl sites for hydroxylation is 1. The van der Waals surface area contributed by atoms with Crippen LogP contribution in [0.4, 0.5) is 5.69 Å². The average molecular weight is 398 g/mol. The lowest BCUT2D eigenvalue weighted by Gasteiger charge is -2.33. The Hall–Kier alpha value is -2.02. The third-order valence-electron chi connectivity index (χ3n) is 5.08. The molecule has 0 bridgehead atoms. The molecule has 6 heteroatoms. The summed E-state index contributed by atoms with van der Waals surface area (Å²) in [5, 5.41) is 5.47. The van der Waals surface area contributed by atoms with Crippen molar-refractivity contribution in [3.05, 3.63) is 59.1 Å². The van der Waals surface area contributed by atoms with Crippen molar-refractivity contribution < 1.29 is 4.90 Å². The lowest BCUT2D eigenvalue weighted by molar-refractivity contribution is -0.917. The number of hydrogen-bond acceptors (Lipinski definition) is 3. The first-order chi connectivity index (χ1) is 13.2. The zero-order valence-electron chi connectivity index (χ0n) is 15.6. The van der Waals surface area contributed by atoms with Gasteiger partial charge in [0.05, 0.1) is 36.4 Å². The molecule has 2 heterocycles. The lowest BCUT2D eigenvalue weighted by Crippen LogP contribution is -3.13. The van der Waals surface area contributed by atoms with Crippen molar-refractivity contribution >= 4 is 44.6 Å². The van der Waals surface area contributed by atoms with E-state index in [1.165, 1.54) is 15.3 Å². The van der Waals surface area contributed by atoms with Gasteiger partial charge in [0.1, 0.15) is 11.6 Å². The minimum absolute atomic E-state index is 0.835. The maximum atomic E-state index is 5.64. The number of rotatable bonds is 4. The van der Waals surface area contributed by atoms with Gasteiger partial charge in [0.2, 0.25) is 0 Å². The molecule has 0 atom stereocenters. The van der Waals surface area contributed by atoms with Gasteiger partial charge in [-0.3, -0.25) is 0 Å². The molecule has 0 saturated carbocycles. The summed E-state index contributed by atoms with van der Waals surface area (Å²) >= 11 is 7.46. The van der Waals surface area contributed by atoms with Crippen molar-refractivity contribution in [3.63, 3.8) is 0 Å². The van der Waals surface area contributed by atoms with E-state index in [-0.39, 0.29) is 0 Å². The zero-order chi connectivity index (χ0) is 18.6. The molecule has 1 saturated heterocycles. The number of nitrogens with zero attached hydrogens (tertiary/aromatic N) is 2. The second kappa shape index (κ2) is 8.33. The van der Waals surface area contributed by atoms with E-state index in [9.17, 15) is 0 Å². The first kappa shape index (κ1) is 18.3. The SMILES string of the molecule is CCc1cccc(NC(=S)N2CC[NH+](Cc3nc4ccccc4s3)CC2)c1. The van der Waals surface area contributed by atoms with Crippen molar-refractivity contribution in [2.24, 2.45) is 0 Å². The number of aromatic nitrogens is 1. The molecule has 2 N–H and O–H groups in total. The summed E-state index contributed by atoms with van der Waals surface area (Å²) < 4.78 is 1.28. The van der Waals surface area contributed by atoms with Crippen LogP contribution in [-0.4, -0.2) is 41.2 Å². The van der Waals surface area contributed by atoms with Crippen LogP contribution in [-0.2, 0) is 13.0 Å². The molecule has 0 aliphatic carbocycles. The molecule has 2 aromatic carbocycles. The maximum absolute atomic E-state index is 5.64. The quantitative estimate of drug-likeness (QED) is 0.663. The van der Waals surface area contributed by atoms with Gasteiger partial charge < -0.3 is 15.1 Å². The Kier molecular flexibility index (Phi) is 5.66. The molecule has 3 aromatic rings. The van der Waals surface area contributed by atoms with Crippen molar-refractivity contribution in [1.82, 2.24) is 9.88 Å². The van der Waals surface area contributed by atoms with Crippen LogP contribution < -0.4 is 10.2 Å². The van der Waals surface area contributed by atoms with Crippen molar-refractivity contribution in [1.29, 1.82) is 0 Å². The predicted molar refractivity (Wildman–Crippen MR) is 118 cm³/mol. The fourth-order valence-electron chi connectivity index (χ4n) is 3.48. The van der Waals surface area contributed by atoms with Crippen LogP contribution in [0, 0.1) is 0 Å².